The first-order chi connectivity index (χ1) is 24.3. The molecule has 0 saturated heterocycles. The Bertz CT molecular complexity index is 2820. The number of hydrogen-bond acceptors (Lipinski definition) is 4. The van der Waals surface area contributed by atoms with Crippen molar-refractivity contribution in [1.82, 2.24) is 15.0 Å². The van der Waals surface area contributed by atoms with Crippen LogP contribution >= 0.6 is 11.3 Å². The predicted molar refractivity (Wildman–Crippen MR) is 207 cm³/mol. The molecular weight excluding hydrogens is 615 g/mol. The number of rotatable bonds is 4. The normalized spacial score (nSPS) is 11.7. The average Bonchev–Trinajstić information content (AvgIpc) is 3.58. The standard InChI is InChI=1S/C45H27N3S/c1-3-14-28(15-4-1)43-46-44(29-16-5-2-6-17-29)48-45(47-43)31-19-13-18-30(26-31)37-27-38-34-22-8-7-20-32(34)33-21-9-10-23-35(33)40(38)42-41(37)36-24-11-12-25-39(36)49-42/h1-27H. The zero-order chi connectivity index (χ0) is 32.3. The molecule has 0 unspecified atom stereocenters. The summed E-state index contributed by atoms with van der Waals surface area (Å²) in [5, 5.41) is 10.3. The van der Waals surface area contributed by atoms with E-state index in [0.717, 1.165) is 22.3 Å². The summed E-state index contributed by atoms with van der Waals surface area (Å²) in [6, 6.07) is 57.9. The molecule has 2 heterocycles. The third-order valence-corrected chi connectivity index (χ3v) is 10.7. The summed E-state index contributed by atoms with van der Waals surface area (Å²) < 4.78 is 2.61. The zero-order valence-corrected chi connectivity index (χ0v) is 27.2. The molecule has 0 fully saturated rings. The fourth-order valence-electron chi connectivity index (χ4n) is 7.26. The van der Waals surface area contributed by atoms with Crippen LogP contribution in [0.4, 0.5) is 0 Å². The molecule has 228 valence electrons. The van der Waals surface area contributed by atoms with Gasteiger partial charge in [0.2, 0.25) is 0 Å². The molecule has 0 N–H and O–H groups in total. The fraction of sp³-hybridized carbons (Fsp3) is 0. The number of nitrogens with zero attached hydrogens (tertiary/aromatic N) is 3. The van der Waals surface area contributed by atoms with E-state index in [1.165, 1.54) is 58.1 Å². The fourth-order valence-corrected chi connectivity index (χ4v) is 8.55. The van der Waals surface area contributed by atoms with Gasteiger partial charge in [0.25, 0.3) is 0 Å². The van der Waals surface area contributed by atoms with Gasteiger partial charge in [-0.3, -0.25) is 0 Å². The average molecular weight is 642 g/mol. The van der Waals surface area contributed by atoms with Gasteiger partial charge in [0.1, 0.15) is 0 Å². The summed E-state index contributed by atoms with van der Waals surface area (Å²) in [6.45, 7) is 0. The van der Waals surface area contributed by atoms with E-state index >= 15 is 0 Å². The van der Waals surface area contributed by atoms with Gasteiger partial charge < -0.3 is 0 Å². The summed E-state index contributed by atoms with van der Waals surface area (Å²) in [5.74, 6) is 1.97. The van der Waals surface area contributed by atoms with E-state index < -0.39 is 0 Å². The lowest BCUT2D eigenvalue weighted by Gasteiger charge is -2.15. The molecule has 2 aromatic heterocycles. The van der Waals surface area contributed by atoms with Crippen molar-refractivity contribution in [2.75, 3.05) is 0 Å². The molecule has 0 radical (unpaired) electrons. The predicted octanol–water partition coefficient (Wildman–Crippen LogP) is 12.4. The van der Waals surface area contributed by atoms with Crippen LogP contribution in [0.3, 0.4) is 0 Å². The van der Waals surface area contributed by atoms with Crippen LogP contribution in [-0.4, -0.2) is 15.0 Å². The Hall–Kier alpha value is -6.23. The molecule has 0 amide bonds. The van der Waals surface area contributed by atoms with E-state index in [0.29, 0.717) is 17.5 Å². The molecule has 0 aliphatic carbocycles. The number of aromatic nitrogens is 3. The van der Waals surface area contributed by atoms with Gasteiger partial charge in [0.15, 0.2) is 17.5 Å². The third kappa shape index (κ3) is 4.53. The van der Waals surface area contributed by atoms with E-state index in [1.807, 2.05) is 72.0 Å². The maximum absolute atomic E-state index is 5.04. The summed E-state index contributed by atoms with van der Waals surface area (Å²) in [7, 11) is 0. The minimum Gasteiger partial charge on any atom is -0.208 e. The summed E-state index contributed by atoms with van der Waals surface area (Å²) in [6.07, 6.45) is 0. The summed E-state index contributed by atoms with van der Waals surface area (Å²) in [4.78, 5) is 15.0. The van der Waals surface area contributed by atoms with Crippen LogP contribution in [0, 0.1) is 0 Å². The van der Waals surface area contributed by atoms with E-state index in [-0.39, 0.29) is 0 Å². The summed E-state index contributed by atoms with van der Waals surface area (Å²) in [5.41, 5.74) is 5.21. The minimum atomic E-state index is 0.651. The molecule has 8 aromatic carbocycles. The van der Waals surface area contributed by atoms with Gasteiger partial charge in [0.05, 0.1) is 0 Å². The number of benzene rings is 8. The Kier molecular flexibility index (Phi) is 6.36. The van der Waals surface area contributed by atoms with Crippen LogP contribution in [0.15, 0.2) is 164 Å². The lowest BCUT2D eigenvalue weighted by Crippen LogP contribution is -2.00. The van der Waals surface area contributed by atoms with Gasteiger partial charge in [-0.05, 0) is 56.3 Å². The second kappa shape index (κ2) is 11.2. The first-order valence-corrected chi connectivity index (χ1v) is 17.3. The highest BCUT2D eigenvalue weighted by Gasteiger charge is 2.20. The number of fused-ring (bicyclic) bond motifs is 10. The zero-order valence-electron chi connectivity index (χ0n) is 26.3. The first kappa shape index (κ1) is 27.8. The van der Waals surface area contributed by atoms with Crippen LogP contribution in [0.2, 0.25) is 0 Å². The van der Waals surface area contributed by atoms with Crippen molar-refractivity contribution < 1.29 is 0 Å². The maximum atomic E-state index is 5.04. The molecule has 0 spiro atoms. The highest BCUT2D eigenvalue weighted by molar-refractivity contribution is 7.27. The Morgan fingerprint density at radius 2 is 0.796 bits per heavy atom. The second-order valence-electron chi connectivity index (χ2n) is 12.4. The smallest absolute Gasteiger partial charge is 0.164 e. The molecule has 0 aliphatic rings. The van der Waals surface area contributed by atoms with Crippen molar-refractivity contribution in [3.8, 4) is 45.3 Å². The van der Waals surface area contributed by atoms with Gasteiger partial charge in [-0.2, -0.15) is 0 Å². The van der Waals surface area contributed by atoms with Crippen LogP contribution in [0.25, 0.3) is 97.8 Å². The summed E-state index contributed by atoms with van der Waals surface area (Å²) >= 11 is 1.89. The molecule has 10 aromatic rings. The monoisotopic (exact) mass is 641 g/mol. The van der Waals surface area contributed by atoms with Crippen molar-refractivity contribution in [3.05, 3.63) is 164 Å². The van der Waals surface area contributed by atoms with E-state index in [2.05, 4.69) is 103 Å². The third-order valence-electron chi connectivity index (χ3n) is 9.48. The van der Waals surface area contributed by atoms with Gasteiger partial charge in [-0.25, -0.2) is 15.0 Å². The molecule has 0 aliphatic heterocycles. The molecule has 0 saturated carbocycles. The molecule has 3 nitrogen and oxygen atoms in total. The quantitative estimate of drug-likeness (QED) is 0.180. The van der Waals surface area contributed by atoms with E-state index in [9.17, 15) is 0 Å². The maximum Gasteiger partial charge on any atom is 0.164 e. The Labute approximate surface area is 286 Å². The second-order valence-corrected chi connectivity index (χ2v) is 13.4. The van der Waals surface area contributed by atoms with Crippen LogP contribution in [0.5, 0.6) is 0 Å². The number of thiophene rings is 1. The van der Waals surface area contributed by atoms with E-state index in [4.69, 9.17) is 15.0 Å². The van der Waals surface area contributed by atoms with Crippen molar-refractivity contribution in [1.29, 1.82) is 0 Å². The topological polar surface area (TPSA) is 38.7 Å². The SMILES string of the molecule is c1ccc(-c2nc(-c3ccccc3)nc(-c3cccc(-c4cc5c6ccccc6c6ccccc6c5c5sc6ccccc6c45)c3)n2)cc1. The Morgan fingerprint density at radius 1 is 0.327 bits per heavy atom. The Morgan fingerprint density at radius 3 is 1.45 bits per heavy atom. The van der Waals surface area contributed by atoms with Gasteiger partial charge in [0, 0.05) is 42.2 Å². The highest BCUT2D eigenvalue weighted by atomic mass is 32.1. The highest BCUT2D eigenvalue weighted by Crippen LogP contribution is 2.48. The van der Waals surface area contributed by atoms with Crippen molar-refractivity contribution in [2.45, 2.75) is 0 Å². The minimum absolute atomic E-state index is 0.651. The molecule has 49 heavy (non-hydrogen) atoms. The van der Waals surface area contributed by atoms with Crippen LogP contribution < -0.4 is 0 Å². The molecule has 10 rings (SSSR count). The first-order valence-electron chi connectivity index (χ1n) is 16.5. The molecule has 0 bridgehead atoms. The van der Waals surface area contributed by atoms with Crippen molar-refractivity contribution >= 4 is 63.8 Å². The lowest BCUT2D eigenvalue weighted by molar-refractivity contribution is 1.07. The van der Waals surface area contributed by atoms with Crippen LogP contribution in [-0.2, 0) is 0 Å². The van der Waals surface area contributed by atoms with Gasteiger partial charge in [-0.1, -0.05) is 146 Å². The van der Waals surface area contributed by atoms with E-state index in [1.54, 1.807) is 0 Å². The van der Waals surface area contributed by atoms with Crippen molar-refractivity contribution in [2.24, 2.45) is 0 Å². The van der Waals surface area contributed by atoms with Gasteiger partial charge in [-0.15, -0.1) is 11.3 Å². The van der Waals surface area contributed by atoms with Crippen LogP contribution in [0.1, 0.15) is 0 Å². The molecule has 4 heteroatoms. The van der Waals surface area contributed by atoms with Gasteiger partial charge >= 0.3 is 0 Å². The van der Waals surface area contributed by atoms with Crippen molar-refractivity contribution in [3.63, 3.8) is 0 Å². The lowest BCUT2D eigenvalue weighted by atomic mass is 9.89. The molecular formula is C45H27N3S. The Balaban J connectivity index is 1.27. The largest absolute Gasteiger partial charge is 0.208 e. The molecule has 0 atom stereocenters. The number of hydrogen-bond donors (Lipinski definition) is 0.